The molecule has 0 fully saturated rings. The molecule has 0 aliphatic heterocycles. The zero-order chi connectivity index (χ0) is 20.1. The summed E-state index contributed by atoms with van der Waals surface area (Å²) in [4.78, 5) is 18.4. The van der Waals surface area contributed by atoms with Gasteiger partial charge in [0.25, 0.3) is 0 Å². The molecule has 3 aromatic rings. The monoisotopic (exact) mass is 382 g/mol. The molecule has 0 aliphatic rings. The number of nitrogens with one attached hydrogen (secondary N) is 1. The molecule has 1 N–H and O–H groups in total. The second-order valence-corrected chi connectivity index (χ2v) is 6.96. The van der Waals surface area contributed by atoms with Gasteiger partial charge in [0.15, 0.2) is 5.82 Å². The zero-order valence-electron chi connectivity index (χ0n) is 16.8. The summed E-state index contributed by atoms with van der Waals surface area (Å²) in [5, 5.41) is 11.3. The van der Waals surface area contributed by atoms with Crippen LogP contribution >= 0.6 is 0 Å². The van der Waals surface area contributed by atoms with E-state index in [2.05, 4.69) is 46.5 Å². The summed E-state index contributed by atoms with van der Waals surface area (Å²) in [6.07, 6.45) is 1.70. The van der Waals surface area contributed by atoms with Crippen LogP contribution in [0.15, 0.2) is 34.9 Å². The first-order chi connectivity index (χ1) is 13.4. The zero-order valence-corrected chi connectivity index (χ0v) is 16.8. The highest BCUT2D eigenvalue weighted by atomic mass is 16.5. The normalized spacial score (nSPS) is 10.9. The van der Waals surface area contributed by atoms with Crippen LogP contribution in [0.1, 0.15) is 41.9 Å². The van der Waals surface area contributed by atoms with Crippen LogP contribution in [0.25, 0.3) is 0 Å². The number of hydrogen-bond donors (Lipinski definition) is 1. The fourth-order valence-corrected chi connectivity index (χ4v) is 2.91. The topological polar surface area (TPSA) is 89.1 Å². The maximum atomic E-state index is 12.6. The third kappa shape index (κ3) is 4.97. The van der Waals surface area contributed by atoms with Crippen LogP contribution in [0.3, 0.4) is 0 Å². The standard InChI is InChI=1S/C20H26N6O2/c1-5-7-17-21-19(28-24-17)13-25(4)20(27)22-18-11-15(3)23-26(18)12-16-9-6-8-14(2)10-16/h6,8-11H,5,7,12-13H2,1-4H3,(H,22,27). The molecule has 8 nitrogen and oxygen atoms in total. The fraction of sp³-hybridized carbons (Fsp3) is 0.400. The van der Waals surface area contributed by atoms with Crippen molar-refractivity contribution in [2.45, 2.75) is 46.7 Å². The Hall–Kier alpha value is -3.16. The largest absolute Gasteiger partial charge is 0.337 e. The Labute approximate surface area is 164 Å². The van der Waals surface area contributed by atoms with Crippen LogP contribution in [-0.2, 0) is 19.5 Å². The van der Waals surface area contributed by atoms with Crippen molar-refractivity contribution in [3.63, 3.8) is 0 Å². The highest BCUT2D eigenvalue weighted by molar-refractivity contribution is 5.88. The van der Waals surface area contributed by atoms with Gasteiger partial charge in [-0.1, -0.05) is 41.9 Å². The first-order valence-corrected chi connectivity index (χ1v) is 9.38. The number of carbonyl (C=O) groups is 1. The molecule has 0 saturated carbocycles. The molecule has 0 atom stereocenters. The van der Waals surface area contributed by atoms with E-state index in [9.17, 15) is 4.79 Å². The van der Waals surface area contributed by atoms with E-state index in [1.54, 1.807) is 11.7 Å². The van der Waals surface area contributed by atoms with Gasteiger partial charge >= 0.3 is 6.03 Å². The van der Waals surface area contributed by atoms with Gasteiger partial charge < -0.3 is 9.42 Å². The number of rotatable bonds is 7. The lowest BCUT2D eigenvalue weighted by atomic mass is 10.1. The molecular formula is C20H26N6O2. The van der Waals surface area contributed by atoms with Crippen LogP contribution in [0.2, 0.25) is 0 Å². The summed E-state index contributed by atoms with van der Waals surface area (Å²) < 4.78 is 7.00. The van der Waals surface area contributed by atoms with Crippen LogP contribution in [0, 0.1) is 13.8 Å². The molecule has 2 aromatic heterocycles. The van der Waals surface area contributed by atoms with Gasteiger partial charge in [0.2, 0.25) is 5.89 Å². The third-order valence-corrected chi connectivity index (χ3v) is 4.25. The number of urea groups is 1. The minimum atomic E-state index is -0.263. The second-order valence-electron chi connectivity index (χ2n) is 6.96. The van der Waals surface area contributed by atoms with Crippen LogP contribution in [0.5, 0.6) is 0 Å². The van der Waals surface area contributed by atoms with E-state index in [1.165, 1.54) is 10.5 Å². The smallest absolute Gasteiger partial charge is 0.323 e. The number of carbonyl (C=O) groups excluding carboxylic acids is 1. The minimum absolute atomic E-state index is 0.244. The molecule has 28 heavy (non-hydrogen) atoms. The van der Waals surface area contributed by atoms with Crippen molar-refractivity contribution < 1.29 is 9.32 Å². The third-order valence-electron chi connectivity index (χ3n) is 4.25. The van der Waals surface area contributed by atoms with Crippen molar-refractivity contribution in [3.8, 4) is 0 Å². The van der Waals surface area contributed by atoms with Crippen molar-refractivity contribution in [1.29, 1.82) is 0 Å². The van der Waals surface area contributed by atoms with Gasteiger partial charge in [-0.05, 0) is 25.8 Å². The Morgan fingerprint density at radius 1 is 1.29 bits per heavy atom. The van der Waals surface area contributed by atoms with E-state index in [0.717, 1.165) is 24.1 Å². The summed E-state index contributed by atoms with van der Waals surface area (Å²) in [7, 11) is 1.69. The minimum Gasteiger partial charge on any atom is -0.337 e. The van der Waals surface area contributed by atoms with E-state index >= 15 is 0 Å². The lowest BCUT2D eigenvalue weighted by Gasteiger charge is -2.16. The summed E-state index contributed by atoms with van der Waals surface area (Å²) in [5.74, 6) is 1.73. The Bertz CT molecular complexity index is 946. The molecule has 1 aromatic carbocycles. The number of anilines is 1. The summed E-state index contributed by atoms with van der Waals surface area (Å²) in [6.45, 7) is 6.84. The Balaban J connectivity index is 1.66. The number of nitrogens with zero attached hydrogens (tertiary/aromatic N) is 5. The molecule has 0 bridgehead atoms. The second kappa shape index (κ2) is 8.69. The molecule has 148 valence electrons. The van der Waals surface area contributed by atoms with Crippen molar-refractivity contribution in [2.75, 3.05) is 12.4 Å². The van der Waals surface area contributed by atoms with E-state index in [0.29, 0.717) is 24.1 Å². The molecule has 8 heteroatoms. The average Bonchev–Trinajstić information content (AvgIpc) is 3.21. The number of aryl methyl sites for hydroxylation is 3. The highest BCUT2D eigenvalue weighted by Gasteiger charge is 2.16. The fourth-order valence-electron chi connectivity index (χ4n) is 2.91. The first-order valence-electron chi connectivity index (χ1n) is 9.38. The molecule has 0 spiro atoms. The number of aromatic nitrogens is 4. The maximum Gasteiger partial charge on any atom is 0.323 e. The number of hydrogen-bond acceptors (Lipinski definition) is 5. The summed E-state index contributed by atoms with van der Waals surface area (Å²) in [5.41, 5.74) is 3.15. The number of amides is 2. The Morgan fingerprint density at radius 3 is 2.86 bits per heavy atom. The highest BCUT2D eigenvalue weighted by Crippen LogP contribution is 2.15. The molecule has 0 saturated heterocycles. The lowest BCUT2D eigenvalue weighted by Crippen LogP contribution is -2.31. The quantitative estimate of drug-likeness (QED) is 0.675. The molecule has 0 unspecified atom stereocenters. The van der Waals surface area contributed by atoms with Gasteiger partial charge in [0.1, 0.15) is 12.4 Å². The molecule has 0 radical (unpaired) electrons. The van der Waals surface area contributed by atoms with Crippen molar-refractivity contribution >= 4 is 11.8 Å². The van der Waals surface area contributed by atoms with Crippen molar-refractivity contribution in [3.05, 3.63) is 58.9 Å². The molecule has 2 heterocycles. The average molecular weight is 382 g/mol. The maximum absolute atomic E-state index is 12.6. The van der Waals surface area contributed by atoms with Crippen LogP contribution < -0.4 is 5.32 Å². The number of benzene rings is 1. The predicted octanol–water partition coefficient (Wildman–Crippen LogP) is 3.55. The molecule has 3 rings (SSSR count). The van der Waals surface area contributed by atoms with Gasteiger partial charge in [-0.2, -0.15) is 10.1 Å². The lowest BCUT2D eigenvalue weighted by molar-refractivity contribution is 0.212. The Kier molecular flexibility index (Phi) is 6.08. The van der Waals surface area contributed by atoms with E-state index < -0.39 is 0 Å². The SMILES string of the molecule is CCCc1noc(CN(C)C(=O)Nc2cc(C)nn2Cc2cccc(C)c2)n1. The van der Waals surface area contributed by atoms with Gasteiger partial charge in [-0.3, -0.25) is 5.32 Å². The van der Waals surface area contributed by atoms with E-state index in [1.807, 2.05) is 25.1 Å². The molecule has 2 amide bonds. The predicted molar refractivity (Wildman–Crippen MR) is 106 cm³/mol. The van der Waals surface area contributed by atoms with Crippen LogP contribution in [-0.4, -0.2) is 37.9 Å². The van der Waals surface area contributed by atoms with Crippen LogP contribution in [0.4, 0.5) is 10.6 Å². The Morgan fingerprint density at radius 2 is 2.11 bits per heavy atom. The molecule has 0 aliphatic carbocycles. The van der Waals surface area contributed by atoms with E-state index in [4.69, 9.17) is 4.52 Å². The van der Waals surface area contributed by atoms with Gasteiger partial charge in [0.05, 0.1) is 12.2 Å². The molecular weight excluding hydrogens is 356 g/mol. The first kappa shape index (κ1) is 19.6. The van der Waals surface area contributed by atoms with Gasteiger partial charge in [0, 0.05) is 19.5 Å². The van der Waals surface area contributed by atoms with Gasteiger partial charge in [-0.15, -0.1) is 0 Å². The summed E-state index contributed by atoms with van der Waals surface area (Å²) >= 11 is 0. The van der Waals surface area contributed by atoms with Crippen molar-refractivity contribution in [2.24, 2.45) is 0 Å². The van der Waals surface area contributed by atoms with Crippen molar-refractivity contribution in [1.82, 2.24) is 24.8 Å². The van der Waals surface area contributed by atoms with E-state index in [-0.39, 0.29) is 12.6 Å². The van der Waals surface area contributed by atoms with Gasteiger partial charge in [-0.25, -0.2) is 9.48 Å². The summed E-state index contributed by atoms with van der Waals surface area (Å²) in [6, 6.07) is 9.82.